The number of thiophene rings is 1. The van der Waals surface area contributed by atoms with Crippen molar-refractivity contribution in [2.75, 3.05) is 11.9 Å². The van der Waals surface area contributed by atoms with Crippen LogP contribution >= 0.6 is 11.3 Å². The second-order valence-electron chi connectivity index (χ2n) is 7.89. The molecule has 0 radical (unpaired) electrons. The van der Waals surface area contributed by atoms with Gasteiger partial charge >= 0.3 is 0 Å². The molecule has 0 unspecified atom stereocenters. The van der Waals surface area contributed by atoms with Gasteiger partial charge in [0.15, 0.2) is 0 Å². The van der Waals surface area contributed by atoms with E-state index in [9.17, 15) is 4.79 Å². The number of nitrogens with zero attached hydrogens (tertiary/aromatic N) is 2. The largest absolute Gasteiger partial charge is 0.379 e. The fourth-order valence-corrected chi connectivity index (χ4v) is 4.37. The highest BCUT2D eigenvalue weighted by atomic mass is 32.1. The average molecular weight is 437 g/mol. The molecule has 0 aliphatic rings. The average Bonchev–Trinajstić information content (AvgIpc) is 3.46. The summed E-state index contributed by atoms with van der Waals surface area (Å²) in [5.74, 6) is 1.43. The van der Waals surface area contributed by atoms with Gasteiger partial charge in [0.05, 0.1) is 27.6 Å². The molecule has 162 valence electrons. The maximum atomic E-state index is 13.0. The predicted molar refractivity (Wildman–Crippen MR) is 127 cm³/mol. The quantitative estimate of drug-likeness (QED) is 0.344. The maximum Gasteiger partial charge on any atom is 0.266 e. The van der Waals surface area contributed by atoms with Gasteiger partial charge < -0.3 is 19.6 Å². The van der Waals surface area contributed by atoms with Crippen molar-refractivity contribution in [2.24, 2.45) is 0 Å². The lowest BCUT2D eigenvalue weighted by atomic mass is 10.1. The van der Waals surface area contributed by atoms with Gasteiger partial charge in [-0.05, 0) is 63.3 Å². The zero-order chi connectivity index (χ0) is 22.0. The molecular weight excluding hydrogens is 408 g/mol. The zero-order valence-electron chi connectivity index (χ0n) is 18.4. The molecule has 1 amide bonds. The Bertz CT molecular complexity index is 1160. The van der Waals surface area contributed by atoms with Crippen LogP contribution in [0.25, 0.3) is 22.4 Å². The molecular formula is C24H28N4O2S. The molecule has 3 heterocycles. The number of benzene rings is 1. The Morgan fingerprint density at radius 3 is 2.74 bits per heavy atom. The van der Waals surface area contributed by atoms with E-state index in [1.807, 2.05) is 55.6 Å². The van der Waals surface area contributed by atoms with Crippen molar-refractivity contribution in [3.05, 3.63) is 57.9 Å². The molecule has 0 saturated carbocycles. The van der Waals surface area contributed by atoms with E-state index >= 15 is 0 Å². The molecule has 0 saturated heterocycles. The number of carbonyl (C=O) groups excluding carboxylic acids is 1. The lowest BCUT2D eigenvalue weighted by molar-refractivity contribution is 0.0749. The van der Waals surface area contributed by atoms with Gasteiger partial charge in [0.2, 0.25) is 0 Å². The van der Waals surface area contributed by atoms with E-state index in [0.29, 0.717) is 11.5 Å². The monoisotopic (exact) mass is 436 g/mol. The molecule has 2 N–H and O–H groups in total. The first-order valence-electron chi connectivity index (χ1n) is 10.6. The lowest BCUT2D eigenvalue weighted by Crippen LogP contribution is -2.16. The Kier molecular flexibility index (Phi) is 6.25. The maximum absolute atomic E-state index is 13.0. The van der Waals surface area contributed by atoms with Crippen molar-refractivity contribution in [2.45, 2.75) is 46.8 Å². The Labute approximate surface area is 186 Å². The second-order valence-corrected chi connectivity index (χ2v) is 8.84. The Hall–Kier alpha value is -2.90. The lowest BCUT2D eigenvalue weighted by Gasteiger charge is -2.14. The van der Waals surface area contributed by atoms with E-state index in [1.165, 1.54) is 11.3 Å². The van der Waals surface area contributed by atoms with Gasteiger partial charge in [-0.25, -0.2) is 4.98 Å². The first-order chi connectivity index (χ1) is 15.0. The van der Waals surface area contributed by atoms with Crippen LogP contribution in [0.3, 0.4) is 0 Å². The molecule has 7 heteroatoms. The molecule has 6 nitrogen and oxygen atoms in total. The van der Waals surface area contributed by atoms with Crippen molar-refractivity contribution < 1.29 is 9.53 Å². The molecule has 4 aromatic rings. The molecule has 3 aromatic heterocycles. The van der Waals surface area contributed by atoms with Crippen LogP contribution in [-0.2, 0) is 11.3 Å². The van der Waals surface area contributed by atoms with Crippen LogP contribution in [0.4, 0.5) is 5.82 Å². The molecule has 0 atom stereocenters. The predicted octanol–water partition coefficient (Wildman–Crippen LogP) is 5.78. The third kappa shape index (κ3) is 4.43. The van der Waals surface area contributed by atoms with Gasteiger partial charge in [-0.1, -0.05) is 18.2 Å². The Morgan fingerprint density at radius 1 is 1.23 bits per heavy atom. The summed E-state index contributed by atoms with van der Waals surface area (Å²) in [5, 5.41) is 5.08. The summed E-state index contributed by atoms with van der Waals surface area (Å²) < 4.78 is 7.90. The van der Waals surface area contributed by atoms with Gasteiger partial charge in [-0.3, -0.25) is 4.79 Å². The van der Waals surface area contributed by atoms with Crippen LogP contribution < -0.4 is 5.32 Å². The number of aromatic nitrogens is 3. The number of aromatic amines is 1. The van der Waals surface area contributed by atoms with E-state index < -0.39 is 0 Å². The SMILES string of the molecule is Cc1c(-c2nc3ccccc3[nH]2)c(NC(=O)c2cccs2)n(CCCOC(C)C)c1C. The fourth-order valence-electron chi connectivity index (χ4n) is 3.75. The van der Waals surface area contributed by atoms with Crippen molar-refractivity contribution in [3.8, 4) is 11.4 Å². The smallest absolute Gasteiger partial charge is 0.266 e. The van der Waals surface area contributed by atoms with Crippen LogP contribution in [0.15, 0.2) is 41.8 Å². The zero-order valence-corrected chi connectivity index (χ0v) is 19.2. The third-order valence-electron chi connectivity index (χ3n) is 5.41. The molecule has 0 aliphatic carbocycles. The van der Waals surface area contributed by atoms with Gasteiger partial charge in [0.1, 0.15) is 11.6 Å². The van der Waals surface area contributed by atoms with Crippen LogP contribution in [0, 0.1) is 13.8 Å². The van der Waals surface area contributed by atoms with Gasteiger partial charge in [-0.2, -0.15) is 0 Å². The van der Waals surface area contributed by atoms with Crippen molar-refractivity contribution in [1.29, 1.82) is 0 Å². The summed E-state index contributed by atoms with van der Waals surface area (Å²) in [7, 11) is 0. The number of imidazole rings is 1. The minimum Gasteiger partial charge on any atom is -0.379 e. The summed E-state index contributed by atoms with van der Waals surface area (Å²) in [6, 6.07) is 11.7. The Balaban J connectivity index is 1.75. The minimum atomic E-state index is -0.107. The van der Waals surface area contributed by atoms with Crippen LogP contribution in [-0.4, -0.2) is 33.2 Å². The molecule has 4 rings (SSSR count). The number of H-pyrrole nitrogens is 1. The highest BCUT2D eigenvalue weighted by Crippen LogP contribution is 2.36. The van der Waals surface area contributed by atoms with Crippen molar-refractivity contribution in [1.82, 2.24) is 14.5 Å². The van der Waals surface area contributed by atoms with Crippen LogP contribution in [0.5, 0.6) is 0 Å². The number of amides is 1. The highest BCUT2D eigenvalue weighted by molar-refractivity contribution is 7.12. The number of fused-ring (bicyclic) bond motifs is 1. The molecule has 0 bridgehead atoms. The summed E-state index contributed by atoms with van der Waals surface area (Å²) in [6.45, 7) is 9.67. The molecule has 0 aliphatic heterocycles. The van der Waals surface area contributed by atoms with E-state index in [2.05, 4.69) is 28.7 Å². The third-order valence-corrected chi connectivity index (χ3v) is 6.28. The summed E-state index contributed by atoms with van der Waals surface area (Å²) in [5.41, 5.74) is 5.03. The number of ether oxygens (including phenoxy) is 1. The van der Waals surface area contributed by atoms with E-state index in [4.69, 9.17) is 9.72 Å². The molecule has 31 heavy (non-hydrogen) atoms. The first kappa shape index (κ1) is 21.3. The topological polar surface area (TPSA) is 71.9 Å². The number of hydrogen-bond acceptors (Lipinski definition) is 4. The number of anilines is 1. The summed E-state index contributed by atoms with van der Waals surface area (Å²) in [4.78, 5) is 21.9. The van der Waals surface area contributed by atoms with E-state index in [-0.39, 0.29) is 12.0 Å². The minimum absolute atomic E-state index is 0.107. The standard InChI is InChI=1S/C24H28N4O2S/c1-15(2)30-13-8-12-28-17(4)16(3)21(22-25-18-9-5-6-10-19(18)26-22)23(28)27-24(29)20-11-7-14-31-20/h5-7,9-11,14-15H,8,12-13H2,1-4H3,(H,25,26)(H,27,29). The number of nitrogens with one attached hydrogen (secondary N) is 2. The van der Waals surface area contributed by atoms with Gasteiger partial charge in [-0.15, -0.1) is 11.3 Å². The van der Waals surface area contributed by atoms with Crippen molar-refractivity contribution in [3.63, 3.8) is 0 Å². The summed E-state index contributed by atoms with van der Waals surface area (Å²) >= 11 is 1.43. The number of para-hydroxylation sites is 2. The van der Waals surface area contributed by atoms with Crippen LogP contribution in [0.1, 0.15) is 41.2 Å². The Morgan fingerprint density at radius 2 is 2.03 bits per heavy atom. The van der Waals surface area contributed by atoms with Crippen molar-refractivity contribution >= 4 is 34.1 Å². The fraction of sp³-hybridized carbons (Fsp3) is 0.333. The summed E-state index contributed by atoms with van der Waals surface area (Å²) in [6.07, 6.45) is 1.06. The number of carbonyl (C=O) groups is 1. The first-order valence-corrected chi connectivity index (χ1v) is 11.4. The number of rotatable bonds is 8. The van der Waals surface area contributed by atoms with E-state index in [1.54, 1.807) is 0 Å². The highest BCUT2D eigenvalue weighted by Gasteiger charge is 2.23. The normalized spacial score (nSPS) is 11.5. The molecule has 0 fully saturated rings. The van der Waals surface area contributed by atoms with E-state index in [0.717, 1.165) is 52.5 Å². The van der Waals surface area contributed by atoms with Gasteiger partial charge in [0.25, 0.3) is 5.91 Å². The molecule has 0 spiro atoms. The number of hydrogen-bond donors (Lipinski definition) is 2. The van der Waals surface area contributed by atoms with Gasteiger partial charge in [0, 0.05) is 18.8 Å². The molecule has 1 aromatic carbocycles. The second kappa shape index (κ2) is 9.08. The van der Waals surface area contributed by atoms with Crippen LogP contribution in [0.2, 0.25) is 0 Å².